The number of amides is 1. The van der Waals surface area contributed by atoms with E-state index in [2.05, 4.69) is 15.6 Å². The van der Waals surface area contributed by atoms with Crippen molar-refractivity contribution in [3.63, 3.8) is 0 Å². The molecule has 0 radical (unpaired) electrons. The van der Waals surface area contributed by atoms with E-state index < -0.39 is 0 Å². The number of carbonyl (C=O) groups is 1. The van der Waals surface area contributed by atoms with E-state index in [1.54, 1.807) is 6.20 Å². The zero-order valence-corrected chi connectivity index (χ0v) is 11.3. The molecule has 0 saturated carbocycles. The van der Waals surface area contributed by atoms with Gasteiger partial charge in [0.05, 0.1) is 5.52 Å². The van der Waals surface area contributed by atoms with Crippen molar-refractivity contribution in [2.75, 3.05) is 11.9 Å². The van der Waals surface area contributed by atoms with Gasteiger partial charge in [-0.25, -0.2) is 0 Å². The van der Waals surface area contributed by atoms with Crippen LogP contribution in [0.3, 0.4) is 0 Å². The fraction of sp³-hybridized carbons (Fsp3) is 0.333. The minimum absolute atomic E-state index is 0.0247. The predicted molar refractivity (Wildman–Crippen MR) is 78.1 cm³/mol. The molecule has 1 unspecified atom stereocenters. The predicted octanol–water partition coefficient (Wildman–Crippen LogP) is 2.56. The van der Waals surface area contributed by atoms with E-state index in [-0.39, 0.29) is 11.9 Å². The van der Waals surface area contributed by atoms with Gasteiger partial charge in [-0.1, -0.05) is 13.0 Å². The average molecular weight is 257 g/mol. The molecule has 2 rings (SSSR count). The van der Waals surface area contributed by atoms with E-state index in [9.17, 15) is 4.79 Å². The Morgan fingerprint density at radius 2 is 2.21 bits per heavy atom. The maximum Gasteiger partial charge on any atom is 0.225 e. The molecule has 19 heavy (non-hydrogen) atoms. The summed E-state index contributed by atoms with van der Waals surface area (Å²) < 4.78 is 0. The monoisotopic (exact) mass is 257 g/mol. The molecule has 1 heterocycles. The Kier molecular flexibility index (Phi) is 4.47. The first kappa shape index (κ1) is 13.5. The molecule has 0 fully saturated rings. The first-order chi connectivity index (χ1) is 9.19. The van der Waals surface area contributed by atoms with Gasteiger partial charge in [0.2, 0.25) is 5.91 Å². The maximum atomic E-state index is 11.9. The maximum absolute atomic E-state index is 11.9. The molecule has 4 nitrogen and oxygen atoms in total. The molecule has 2 N–H and O–H groups in total. The zero-order chi connectivity index (χ0) is 13.7. The van der Waals surface area contributed by atoms with E-state index in [1.165, 1.54) is 0 Å². The normalized spacial score (nSPS) is 12.3. The highest BCUT2D eigenvalue weighted by Gasteiger charge is 2.08. The van der Waals surface area contributed by atoms with Gasteiger partial charge in [0.25, 0.3) is 0 Å². The number of nitrogens with one attached hydrogen (secondary N) is 2. The number of benzene rings is 1. The first-order valence-electron chi connectivity index (χ1n) is 6.57. The van der Waals surface area contributed by atoms with Crippen LogP contribution in [0.4, 0.5) is 5.69 Å². The average Bonchev–Trinajstić information content (AvgIpc) is 2.38. The van der Waals surface area contributed by atoms with Gasteiger partial charge >= 0.3 is 0 Å². The summed E-state index contributed by atoms with van der Waals surface area (Å²) in [5, 5.41) is 7.17. The number of fused-ring (bicyclic) bond motifs is 1. The summed E-state index contributed by atoms with van der Waals surface area (Å²) in [5.74, 6) is 0.0247. The Bertz CT molecular complexity index is 568. The Balaban J connectivity index is 2.02. The molecule has 0 bridgehead atoms. The van der Waals surface area contributed by atoms with E-state index in [0.717, 1.165) is 23.1 Å². The second-order valence-corrected chi connectivity index (χ2v) is 4.62. The fourth-order valence-electron chi connectivity index (χ4n) is 2.06. The molecule has 0 spiro atoms. The lowest BCUT2D eigenvalue weighted by Crippen LogP contribution is -2.30. The minimum atomic E-state index is 0.0247. The van der Waals surface area contributed by atoms with E-state index in [0.29, 0.717) is 6.42 Å². The van der Waals surface area contributed by atoms with Crippen LogP contribution in [-0.4, -0.2) is 23.5 Å². The summed E-state index contributed by atoms with van der Waals surface area (Å²) in [7, 11) is 0. The molecule has 0 aliphatic heterocycles. The van der Waals surface area contributed by atoms with Crippen LogP contribution in [0, 0.1) is 0 Å². The number of hydrogen-bond acceptors (Lipinski definition) is 3. The van der Waals surface area contributed by atoms with Gasteiger partial charge in [-0.3, -0.25) is 9.78 Å². The van der Waals surface area contributed by atoms with Crippen LogP contribution < -0.4 is 10.6 Å². The van der Waals surface area contributed by atoms with Crippen molar-refractivity contribution in [1.29, 1.82) is 0 Å². The van der Waals surface area contributed by atoms with E-state index in [4.69, 9.17) is 0 Å². The van der Waals surface area contributed by atoms with Gasteiger partial charge in [-0.05, 0) is 37.7 Å². The molecule has 1 amide bonds. The lowest BCUT2D eigenvalue weighted by atomic mass is 10.2. The second kappa shape index (κ2) is 6.29. The van der Waals surface area contributed by atoms with E-state index in [1.807, 2.05) is 44.2 Å². The number of nitrogens with zero attached hydrogens (tertiary/aromatic N) is 1. The van der Waals surface area contributed by atoms with Crippen molar-refractivity contribution in [3.05, 3.63) is 36.5 Å². The van der Waals surface area contributed by atoms with Crippen molar-refractivity contribution in [1.82, 2.24) is 10.3 Å². The van der Waals surface area contributed by atoms with Crippen LogP contribution >= 0.6 is 0 Å². The largest absolute Gasteiger partial charge is 0.326 e. The summed E-state index contributed by atoms with van der Waals surface area (Å²) in [4.78, 5) is 16.1. The second-order valence-electron chi connectivity index (χ2n) is 4.62. The van der Waals surface area contributed by atoms with E-state index >= 15 is 0 Å². The van der Waals surface area contributed by atoms with Crippen LogP contribution in [0.1, 0.15) is 20.3 Å². The van der Waals surface area contributed by atoms with Crippen LogP contribution in [0.2, 0.25) is 0 Å². The number of carbonyl (C=O) groups excluding carboxylic acids is 1. The van der Waals surface area contributed by atoms with Gasteiger partial charge in [-0.15, -0.1) is 0 Å². The third-order valence-corrected chi connectivity index (χ3v) is 2.93. The lowest BCUT2D eigenvalue weighted by Gasteiger charge is -2.12. The first-order valence-corrected chi connectivity index (χ1v) is 6.57. The van der Waals surface area contributed by atoms with Gasteiger partial charge in [0.1, 0.15) is 0 Å². The van der Waals surface area contributed by atoms with Gasteiger partial charge in [-0.2, -0.15) is 0 Å². The molecule has 0 aliphatic carbocycles. The molecular formula is C15H19N3O. The van der Waals surface area contributed by atoms with Gasteiger partial charge in [0.15, 0.2) is 0 Å². The molecule has 2 aromatic rings. The topological polar surface area (TPSA) is 54.0 Å². The molecule has 1 aromatic heterocycles. The number of pyridine rings is 1. The highest BCUT2D eigenvalue weighted by atomic mass is 16.1. The summed E-state index contributed by atoms with van der Waals surface area (Å²) in [6, 6.07) is 9.80. The Morgan fingerprint density at radius 1 is 1.37 bits per heavy atom. The Hall–Kier alpha value is -1.94. The molecule has 0 saturated heterocycles. The number of anilines is 1. The summed E-state index contributed by atoms with van der Waals surface area (Å²) in [6.07, 6.45) is 2.23. The Morgan fingerprint density at radius 3 is 3.00 bits per heavy atom. The van der Waals surface area contributed by atoms with Crippen LogP contribution in [0.25, 0.3) is 10.9 Å². The number of aromatic nitrogens is 1. The smallest absolute Gasteiger partial charge is 0.225 e. The molecule has 4 heteroatoms. The highest BCUT2D eigenvalue weighted by Crippen LogP contribution is 2.17. The number of rotatable bonds is 5. The van der Waals surface area contributed by atoms with Crippen LogP contribution in [0.5, 0.6) is 0 Å². The van der Waals surface area contributed by atoms with Gasteiger partial charge < -0.3 is 10.6 Å². The SMILES string of the molecule is CCNC(C)CC(=O)Nc1ccc2ncccc2c1. The zero-order valence-electron chi connectivity index (χ0n) is 11.3. The minimum Gasteiger partial charge on any atom is -0.326 e. The lowest BCUT2D eigenvalue weighted by molar-refractivity contribution is -0.116. The highest BCUT2D eigenvalue weighted by molar-refractivity contribution is 5.93. The van der Waals surface area contributed by atoms with Crippen molar-refractivity contribution >= 4 is 22.5 Å². The third-order valence-electron chi connectivity index (χ3n) is 2.93. The Labute approximate surface area is 113 Å². The molecular weight excluding hydrogens is 238 g/mol. The third kappa shape index (κ3) is 3.76. The van der Waals surface area contributed by atoms with Gasteiger partial charge in [0, 0.05) is 29.7 Å². The fourth-order valence-corrected chi connectivity index (χ4v) is 2.06. The molecule has 0 aliphatic rings. The summed E-state index contributed by atoms with van der Waals surface area (Å²) >= 11 is 0. The number of hydrogen-bond donors (Lipinski definition) is 2. The standard InChI is InChI=1S/C15H19N3O/c1-3-16-11(2)9-15(19)18-13-6-7-14-12(10-13)5-4-8-17-14/h4-8,10-11,16H,3,9H2,1-2H3,(H,18,19). The van der Waals surface area contributed by atoms with Crippen molar-refractivity contribution in [2.45, 2.75) is 26.3 Å². The summed E-state index contributed by atoms with van der Waals surface area (Å²) in [6.45, 7) is 4.91. The molecule has 1 atom stereocenters. The van der Waals surface area contributed by atoms with Crippen LogP contribution in [-0.2, 0) is 4.79 Å². The molecule has 1 aromatic carbocycles. The van der Waals surface area contributed by atoms with Crippen molar-refractivity contribution in [2.24, 2.45) is 0 Å². The van der Waals surface area contributed by atoms with Crippen molar-refractivity contribution in [3.8, 4) is 0 Å². The van der Waals surface area contributed by atoms with Crippen molar-refractivity contribution < 1.29 is 4.79 Å². The quantitative estimate of drug-likeness (QED) is 0.865. The molecule has 100 valence electrons. The summed E-state index contributed by atoms with van der Waals surface area (Å²) in [5.41, 5.74) is 1.75. The van der Waals surface area contributed by atoms with Crippen LogP contribution in [0.15, 0.2) is 36.5 Å².